The maximum absolute atomic E-state index is 12.8. The van der Waals surface area contributed by atoms with Crippen molar-refractivity contribution in [2.45, 2.75) is 38.3 Å². The largest absolute Gasteiger partial charge is 0.352 e. The summed E-state index contributed by atoms with van der Waals surface area (Å²) < 4.78 is 0. The number of piperidine rings is 1. The van der Waals surface area contributed by atoms with Crippen molar-refractivity contribution in [2.24, 2.45) is 5.92 Å². The Hall–Kier alpha value is -2.88. The van der Waals surface area contributed by atoms with Crippen LogP contribution in [0.4, 0.5) is 0 Å². The lowest BCUT2D eigenvalue weighted by molar-refractivity contribution is -0.137. The minimum atomic E-state index is -0.286. The van der Waals surface area contributed by atoms with Gasteiger partial charge in [-0.2, -0.15) is 5.26 Å². The molecule has 2 saturated heterocycles. The van der Waals surface area contributed by atoms with Gasteiger partial charge in [0.2, 0.25) is 17.7 Å². The topological polar surface area (TPSA) is 93.5 Å². The molecule has 0 aromatic heterocycles. The van der Waals surface area contributed by atoms with Gasteiger partial charge in [0.25, 0.3) is 0 Å². The summed E-state index contributed by atoms with van der Waals surface area (Å²) in [5, 5.41) is 11.4. The summed E-state index contributed by atoms with van der Waals surface area (Å²) in [6.45, 7) is 2.14. The van der Waals surface area contributed by atoms with Crippen molar-refractivity contribution in [3.05, 3.63) is 35.9 Å². The molecule has 1 aromatic carbocycles. The van der Waals surface area contributed by atoms with Gasteiger partial charge in [-0.15, -0.1) is 0 Å². The first-order valence-electron chi connectivity index (χ1n) is 9.33. The van der Waals surface area contributed by atoms with Crippen molar-refractivity contribution in [1.82, 2.24) is 15.1 Å². The van der Waals surface area contributed by atoms with E-state index in [1.165, 1.54) is 0 Å². The maximum Gasteiger partial charge on any atom is 0.234 e. The van der Waals surface area contributed by atoms with Crippen molar-refractivity contribution >= 4 is 17.7 Å². The van der Waals surface area contributed by atoms with Gasteiger partial charge >= 0.3 is 0 Å². The third-order valence-electron chi connectivity index (χ3n) is 5.19. The summed E-state index contributed by atoms with van der Waals surface area (Å²) >= 11 is 0. The van der Waals surface area contributed by atoms with E-state index < -0.39 is 0 Å². The Morgan fingerprint density at radius 2 is 1.89 bits per heavy atom. The van der Waals surface area contributed by atoms with Crippen molar-refractivity contribution in [3.8, 4) is 6.07 Å². The number of nitrogens with zero attached hydrogens (tertiary/aromatic N) is 3. The summed E-state index contributed by atoms with van der Waals surface area (Å²) in [6, 6.07) is 11.6. The first-order valence-corrected chi connectivity index (χ1v) is 9.33. The molecular weight excluding hydrogens is 344 g/mol. The number of rotatable bonds is 5. The molecule has 3 amide bonds. The van der Waals surface area contributed by atoms with Gasteiger partial charge in [-0.3, -0.25) is 14.4 Å². The average Bonchev–Trinajstić information content (AvgIpc) is 3.03. The molecule has 0 radical (unpaired) electrons. The number of nitriles is 1. The molecule has 1 atom stereocenters. The molecule has 0 bridgehead atoms. The van der Waals surface area contributed by atoms with Gasteiger partial charge in [0.15, 0.2) is 0 Å². The van der Waals surface area contributed by atoms with Crippen LogP contribution in [0.3, 0.4) is 0 Å². The van der Waals surface area contributed by atoms with Gasteiger partial charge in [0.1, 0.15) is 6.42 Å². The maximum atomic E-state index is 12.8. The Kier molecular flexibility index (Phi) is 6.07. The van der Waals surface area contributed by atoms with Crippen molar-refractivity contribution in [1.29, 1.82) is 5.26 Å². The fraction of sp³-hybridized carbons (Fsp3) is 0.500. The van der Waals surface area contributed by atoms with Gasteiger partial charge in [0, 0.05) is 38.6 Å². The highest BCUT2D eigenvalue weighted by atomic mass is 16.2. The third-order valence-corrected chi connectivity index (χ3v) is 5.19. The summed E-state index contributed by atoms with van der Waals surface area (Å²) in [5.74, 6) is -0.497. The minimum Gasteiger partial charge on any atom is -0.352 e. The van der Waals surface area contributed by atoms with Gasteiger partial charge in [-0.05, 0) is 18.4 Å². The lowest BCUT2D eigenvalue weighted by Crippen LogP contribution is -2.48. The number of amides is 3. The van der Waals surface area contributed by atoms with Crippen LogP contribution < -0.4 is 5.32 Å². The van der Waals surface area contributed by atoms with E-state index in [2.05, 4.69) is 5.32 Å². The van der Waals surface area contributed by atoms with Crippen LogP contribution in [0, 0.1) is 17.2 Å². The molecule has 27 heavy (non-hydrogen) atoms. The number of hydrogen-bond donors (Lipinski definition) is 1. The van der Waals surface area contributed by atoms with E-state index in [1.54, 1.807) is 9.80 Å². The zero-order chi connectivity index (χ0) is 19.2. The molecule has 1 aromatic rings. The molecule has 7 heteroatoms. The predicted octanol–water partition coefficient (Wildman–Crippen LogP) is 1.06. The highest BCUT2D eigenvalue weighted by Gasteiger charge is 2.37. The number of hydrogen-bond acceptors (Lipinski definition) is 4. The van der Waals surface area contributed by atoms with E-state index in [4.69, 9.17) is 5.26 Å². The highest BCUT2D eigenvalue weighted by Crippen LogP contribution is 2.24. The molecular formula is C20H24N4O3. The van der Waals surface area contributed by atoms with Crippen LogP contribution in [-0.4, -0.2) is 53.2 Å². The number of likely N-dealkylation sites (tertiary alicyclic amines) is 2. The zero-order valence-electron chi connectivity index (χ0n) is 15.3. The van der Waals surface area contributed by atoms with Crippen LogP contribution in [0.15, 0.2) is 30.3 Å². The number of nitrogens with one attached hydrogen (secondary N) is 1. The first-order chi connectivity index (χ1) is 13.1. The molecule has 2 fully saturated rings. The Balaban J connectivity index is 1.48. The minimum absolute atomic E-state index is 0.00897. The van der Waals surface area contributed by atoms with Crippen LogP contribution >= 0.6 is 0 Å². The molecule has 0 saturated carbocycles. The fourth-order valence-corrected chi connectivity index (χ4v) is 3.75. The van der Waals surface area contributed by atoms with E-state index in [0.717, 1.165) is 5.56 Å². The number of carbonyl (C=O) groups is 3. The summed E-state index contributed by atoms with van der Waals surface area (Å²) in [4.78, 5) is 40.1. The zero-order valence-corrected chi connectivity index (χ0v) is 15.3. The molecule has 1 N–H and O–H groups in total. The summed E-state index contributed by atoms with van der Waals surface area (Å²) in [6.07, 6.45) is 1.49. The molecule has 0 spiro atoms. The second kappa shape index (κ2) is 8.67. The van der Waals surface area contributed by atoms with Crippen LogP contribution in [0.5, 0.6) is 0 Å². The van der Waals surface area contributed by atoms with E-state index in [0.29, 0.717) is 39.0 Å². The molecule has 2 aliphatic rings. The Morgan fingerprint density at radius 1 is 1.19 bits per heavy atom. The summed E-state index contributed by atoms with van der Waals surface area (Å²) in [5.41, 5.74) is 1.06. The normalized spacial score (nSPS) is 20.4. The molecule has 7 nitrogen and oxygen atoms in total. The smallest absolute Gasteiger partial charge is 0.234 e. The number of benzene rings is 1. The first kappa shape index (κ1) is 18.9. The number of carbonyl (C=O) groups excluding carboxylic acids is 3. The van der Waals surface area contributed by atoms with Crippen molar-refractivity contribution in [3.63, 3.8) is 0 Å². The van der Waals surface area contributed by atoms with Gasteiger partial charge in [-0.25, -0.2) is 0 Å². The highest BCUT2D eigenvalue weighted by molar-refractivity contribution is 5.89. The van der Waals surface area contributed by atoms with Crippen LogP contribution in [0.25, 0.3) is 0 Å². The molecule has 0 aliphatic carbocycles. The SMILES string of the molecule is N#CCC(=O)NC1CCN(C(=O)C2CC(=O)N(Cc3ccccc3)C2)CC1. The quantitative estimate of drug-likeness (QED) is 0.841. The van der Waals surface area contributed by atoms with E-state index >= 15 is 0 Å². The molecule has 2 heterocycles. The predicted molar refractivity (Wildman–Crippen MR) is 97.9 cm³/mol. The lowest BCUT2D eigenvalue weighted by atomic mass is 10.0. The third kappa shape index (κ3) is 4.85. The van der Waals surface area contributed by atoms with Gasteiger partial charge < -0.3 is 15.1 Å². The standard InChI is InChI=1S/C20H24N4O3/c21-9-6-18(25)22-17-7-10-23(11-8-17)20(27)16-12-19(26)24(14-16)13-15-4-2-1-3-5-15/h1-5,16-17H,6-8,10-14H2,(H,22,25). The Bertz CT molecular complexity index is 735. The fourth-order valence-electron chi connectivity index (χ4n) is 3.75. The van der Waals surface area contributed by atoms with Gasteiger partial charge in [0.05, 0.1) is 12.0 Å². The van der Waals surface area contributed by atoms with Crippen LogP contribution in [-0.2, 0) is 20.9 Å². The van der Waals surface area contributed by atoms with E-state index in [1.807, 2.05) is 36.4 Å². The molecule has 2 aliphatic heterocycles. The van der Waals surface area contributed by atoms with Gasteiger partial charge in [-0.1, -0.05) is 30.3 Å². The molecule has 1 unspecified atom stereocenters. The lowest BCUT2D eigenvalue weighted by Gasteiger charge is -2.33. The van der Waals surface area contributed by atoms with Crippen molar-refractivity contribution < 1.29 is 14.4 Å². The second-order valence-corrected chi connectivity index (χ2v) is 7.16. The average molecular weight is 368 g/mol. The monoisotopic (exact) mass is 368 g/mol. The summed E-state index contributed by atoms with van der Waals surface area (Å²) in [7, 11) is 0. The van der Waals surface area contributed by atoms with Crippen LogP contribution in [0.2, 0.25) is 0 Å². The van der Waals surface area contributed by atoms with Crippen LogP contribution in [0.1, 0.15) is 31.2 Å². The second-order valence-electron chi connectivity index (χ2n) is 7.16. The Morgan fingerprint density at radius 3 is 2.56 bits per heavy atom. The van der Waals surface area contributed by atoms with Crippen molar-refractivity contribution in [2.75, 3.05) is 19.6 Å². The molecule has 142 valence electrons. The molecule has 3 rings (SSSR count). The van der Waals surface area contributed by atoms with E-state index in [-0.39, 0.29) is 42.5 Å². The Labute approximate surface area is 158 Å². The van der Waals surface area contributed by atoms with E-state index in [9.17, 15) is 14.4 Å².